The second kappa shape index (κ2) is 8.57. The van der Waals surface area contributed by atoms with Crippen molar-refractivity contribution in [2.45, 2.75) is 94.2 Å². The van der Waals surface area contributed by atoms with Gasteiger partial charge in [0.25, 0.3) is 5.91 Å². The molecule has 4 aromatic rings. The number of aromatic amines is 1. The number of pyridine rings is 1. The molecule has 3 fully saturated rings. The summed E-state index contributed by atoms with van der Waals surface area (Å²) in [6, 6.07) is 2.43. The molecule has 8 rings (SSSR count). The maximum Gasteiger partial charge on any atom is 0.291 e. The van der Waals surface area contributed by atoms with Gasteiger partial charge in [-0.2, -0.15) is 14.7 Å². The van der Waals surface area contributed by atoms with E-state index in [2.05, 4.69) is 26.3 Å². The molecule has 2 saturated heterocycles. The highest BCUT2D eigenvalue weighted by Crippen LogP contribution is 2.50. The summed E-state index contributed by atoms with van der Waals surface area (Å²) < 4.78 is 1.79. The van der Waals surface area contributed by atoms with E-state index in [0.29, 0.717) is 17.6 Å². The Labute approximate surface area is 231 Å². The average Bonchev–Trinajstić information content (AvgIpc) is 3.33. The Morgan fingerprint density at radius 1 is 1.12 bits per heavy atom. The van der Waals surface area contributed by atoms with Crippen LogP contribution < -0.4 is 5.73 Å². The van der Waals surface area contributed by atoms with E-state index in [1.54, 1.807) is 4.52 Å². The normalized spacial score (nSPS) is 27.8. The number of aryl methyl sites for hydroxylation is 1. The number of aliphatic hydroxyl groups is 1. The first-order valence-electron chi connectivity index (χ1n) is 14.5. The number of amides is 1. The number of hydrogen-bond donors (Lipinski definition) is 3. The van der Waals surface area contributed by atoms with Crippen LogP contribution in [0.4, 0.5) is 5.82 Å². The number of nitrogens with zero attached hydrogens (tertiary/aromatic N) is 7. The van der Waals surface area contributed by atoms with Gasteiger partial charge in [-0.25, -0.2) is 9.97 Å². The SMILES string of the molecule is CC1(O)CCCc2cc(-c3cnn4c(N)c(C5CC5)c(C5C[C@H]6CC[C@@H](C5)N6C(=O)c5ncn[nH]5)nc34)cnc21. The fourth-order valence-corrected chi connectivity index (χ4v) is 7.59. The molecule has 0 aromatic carbocycles. The molecular weight excluding hydrogens is 506 g/mol. The van der Waals surface area contributed by atoms with Crippen LogP contribution in [0.3, 0.4) is 0 Å². The summed E-state index contributed by atoms with van der Waals surface area (Å²) in [5.74, 6) is 1.56. The van der Waals surface area contributed by atoms with E-state index < -0.39 is 5.60 Å². The fraction of sp³-hybridized carbons (Fsp3) is 0.517. The Hall–Kier alpha value is -3.86. The molecule has 4 aromatic heterocycles. The molecule has 1 saturated carbocycles. The van der Waals surface area contributed by atoms with E-state index in [1.807, 2.05) is 24.2 Å². The number of nitrogens with two attached hydrogens (primary N) is 1. The van der Waals surface area contributed by atoms with Gasteiger partial charge in [0.2, 0.25) is 5.82 Å². The van der Waals surface area contributed by atoms with Crippen molar-refractivity contribution in [1.29, 1.82) is 0 Å². The smallest absolute Gasteiger partial charge is 0.291 e. The standard InChI is InChI=1S/C29H33N9O2/c1-29(40)8-2-3-16-9-18(12-31-24(16)29)21-13-34-38-25(30)22(15-4-5-15)23(35-27(21)38)17-10-19-6-7-20(11-17)37(19)28(39)26-32-14-33-36-26/h9,12-15,17,19-20,40H,2-8,10-11,30H2,1H3,(H,32,33,36)/t17?,19-,20+,29?. The average molecular weight is 540 g/mol. The Morgan fingerprint density at radius 2 is 1.93 bits per heavy atom. The second-order valence-electron chi connectivity index (χ2n) is 12.3. The van der Waals surface area contributed by atoms with Crippen LogP contribution in [0.25, 0.3) is 16.8 Å². The molecule has 4 N–H and O–H groups in total. The number of nitrogens with one attached hydrogen (secondary N) is 1. The molecule has 11 heteroatoms. The number of aromatic nitrogens is 7. The lowest BCUT2D eigenvalue weighted by atomic mass is 9.83. The lowest BCUT2D eigenvalue weighted by Gasteiger charge is -2.39. The van der Waals surface area contributed by atoms with E-state index in [-0.39, 0.29) is 23.9 Å². The molecule has 2 unspecified atom stereocenters. The summed E-state index contributed by atoms with van der Waals surface area (Å²) in [5.41, 5.74) is 12.6. The molecule has 1 amide bonds. The maximum atomic E-state index is 13.2. The highest BCUT2D eigenvalue weighted by atomic mass is 16.3. The monoisotopic (exact) mass is 539 g/mol. The molecule has 2 aliphatic carbocycles. The molecule has 40 heavy (non-hydrogen) atoms. The zero-order valence-electron chi connectivity index (χ0n) is 22.5. The highest BCUT2D eigenvalue weighted by Gasteiger charge is 2.46. The fourth-order valence-electron chi connectivity index (χ4n) is 7.59. The van der Waals surface area contributed by atoms with E-state index in [0.717, 1.165) is 97.1 Å². The number of piperidine rings is 1. The predicted molar refractivity (Wildman–Crippen MR) is 146 cm³/mol. The Balaban J connectivity index is 1.19. The van der Waals surface area contributed by atoms with Crippen molar-refractivity contribution in [3.63, 3.8) is 0 Å². The van der Waals surface area contributed by atoms with Crippen LogP contribution in [0, 0.1) is 0 Å². The van der Waals surface area contributed by atoms with Crippen LogP contribution in [-0.2, 0) is 12.0 Å². The minimum Gasteiger partial charge on any atom is -0.384 e. The van der Waals surface area contributed by atoms with Crippen LogP contribution in [0.15, 0.2) is 24.8 Å². The number of hydrogen-bond acceptors (Lipinski definition) is 8. The minimum atomic E-state index is -0.898. The zero-order valence-corrected chi connectivity index (χ0v) is 22.5. The summed E-state index contributed by atoms with van der Waals surface area (Å²) in [6.45, 7) is 1.85. The molecule has 2 bridgehead atoms. The summed E-state index contributed by atoms with van der Waals surface area (Å²) in [5, 5.41) is 22.1. The zero-order chi connectivity index (χ0) is 27.2. The molecule has 0 spiro atoms. The van der Waals surface area contributed by atoms with E-state index in [4.69, 9.17) is 15.7 Å². The number of carbonyl (C=O) groups is 1. The van der Waals surface area contributed by atoms with Crippen molar-refractivity contribution in [3.05, 3.63) is 53.1 Å². The number of anilines is 1. The summed E-state index contributed by atoms with van der Waals surface area (Å²) in [7, 11) is 0. The number of rotatable bonds is 4. The molecule has 4 aliphatic rings. The number of H-pyrrole nitrogens is 1. The molecule has 0 radical (unpaired) electrons. The van der Waals surface area contributed by atoms with Gasteiger partial charge >= 0.3 is 0 Å². The predicted octanol–water partition coefficient (Wildman–Crippen LogP) is 3.46. The van der Waals surface area contributed by atoms with Gasteiger partial charge in [0.1, 0.15) is 17.7 Å². The number of nitrogen functional groups attached to an aromatic ring is 1. The van der Waals surface area contributed by atoms with Crippen LogP contribution in [-0.4, -0.2) is 62.8 Å². The van der Waals surface area contributed by atoms with Gasteiger partial charge in [-0.1, -0.05) is 0 Å². The van der Waals surface area contributed by atoms with Gasteiger partial charge < -0.3 is 15.7 Å². The first-order valence-corrected chi connectivity index (χ1v) is 14.5. The van der Waals surface area contributed by atoms with Gasteiger partial charge in [-0.3, -0.25) is 14.9 Å². The Bertz CT molecular complexity index is 1620. The van der Waals surface area contributed by atoms with Crippen LogP contribution in [0.1, 0.15) is 103 Å². The summed E-state index contributed by atoms with van der Waals surface area (Å²) >= 11 is 0. The third kappa shape index (κ3) is 3.59. The van der Waals surface area contributed by atoms with Crippen LogP contribution >= 0.6 is 0 Å². The van der Waals surface area contributed by atoms with E-state index >= 15 is 0 Å². The lowest BCUT2D eigenvalue weighted by Crippen LogP contribution is -2.46. The van der Waals surface area contributed by atoms with Crippen molar-refractivity contribution >= 4 is 17.4 Å². The highest BCUT2D eigenvalue weighted by molar-refractivity contribution is 5.91. The van der Waals surface area contributed by atoms with Crippen molar-refractivity contribution < 1.29 is 9.90 Å². The number of fused-ring (bicyclic) bond motifs is 4. The van der Waals surface area contributed by atoms with Crippen LogP contribution in [0.2, 0.25) is 0 Å². The topological polar surface area (TPSA) is 151 Å². The van der Waals surface area contributed by atoms with Gasteiger partial charge in [0.15, 0.2) is 5.65 Å². The van der Waals surface area contributed by atoms with Crippen molar-refractivity contribution in [2.24, 2.45) is 0 Å². The molecule has 206 valence electrons. The van der Waals surface area contributed by atoms with Gasteiger partial charge in [-0.05, 0) is 82.3 Å². The molecular formula is C29H33N9O2. The molecule has 2 aliphatic heterocycles. The summed E-state index contributed by atoms with van der Waals surface area (Å²) in [6.07, 6.45) is 13.5. The van der Waals surface area contributed by atoms with Crippen molar-refractivity contribution in [1.82, 2.24) is 39.7 Å². The van der Waals surface area contributed by atoms with Crippen molar-refractivity contribution in [3.8, 4) is 11.1 Å². The largest absolute Gasteiger partial charge is 0.384 e. The third-order valence-electron chi connectivity index (χ3n) is 9.61. The van der Waals surface area contributed by atoms with Gasteiger partial charge in [0, 0.05) is 40.9 Å². The van der Waals surface area contributed by atoms with Crippen LogP contribution in [0.5, 0.6) is 0 Å². The third-order valence-corrected chi connectivity index (χ3v) is 9.61. The molecule has 6 heterocycles. The summed E-state index contributed by atoms with van der Waals surface area (Å²) in [4.78, 5) is 29.4. The van der Waals surface area contributed by atoms with E-state index in [1.165, 1.54) is 6.33 Å². The Kier molecular flexibility index (Phi) is 5.14. The minimum absolute atomic E-state index is 0.0641. The first kappa shape index (κ1) is 24.0. The molecule has 11 nitrogen and oxygen atoms in total. The van der Waals surface area contributed by atoms with Crippen molar-refractivity contribution in [2.75, 3.05) is 5.73 Å². The molecule has 4 atom stereocenters. The quantitative estimate of drug-likeness (QED) is 0.357. The first-order chi connectivity index (χ1) is 19.4. The van der Waals surface area contributed by atoms with Gasteiger partial charge in [-0.15, -0.1) is 0 Å². The van der Waals surface area contributed by atoms with E-state index in [9.17, 15) is 9.90 Å². The Morgan fingerprint density at radius 3 is 2.65 bits per heavy atom. The maximum absolute atomic E-state index is 13.2. The van der Waals surface area contributed by atoms with Gasteiger partial charge in [0.05, 0.1) is 17.6 Å². The lowest BCUT2D eigenvalue weighted by molar-refractivity contribution is 0.0340. The second-order valence-corrected chi connectivity index (χ2v) is 12.3. The number of carbonyl (C=O) groups excluding carboxylic acids is 1.